The Hall–Kier alpha value is -3.09. The molecule has 2 heterocycles. The summed E-state index contributed by atoms with van der Waals surface area (Å²) < 4.78 is 19.8. The summed E-state index contributed by atoms with van der Waals surface area (Å²) in [6.45, 7) is 1.76. The predicted molar refractivity (Wildman–Crippen MR) is 109 cm³/mol. The molecule has 2 aromatic carbocycles. The Morgan fingerprint density at radius 2 is 1.76 bits per heavy atom. The van der Waals surface area contributed by atoms with Gasteiger partial charge in [-0.05, 0) is 43.5 Å². The summed E-state index contributed by atoms with van der Waals surface area (Å²) >= 11 is 0. The van der Waals surface area contributed by atoms with Crippen LogP contribution in [0, 0.1) is 5.82 Å². The Labute approximate surface area is 169 Å². The number of rotatable bonds is 4. The first-order valence-corrected chi connectivity index (χ1v) is 9.95. The Morgan fingerprint density at radius 1 is 1.03 bits per heavy atom. The van der Waals surface area contributed by atoms with Crippen molar-refractivity contribution in [2.24, 2.45) is 0 Å². The monoisotopic (exact) mass is 397 g/mol. The number of carbonyl (C=O) groups is 2. The molecule has 2 aromatic rings. The number of nitrogens with one attached hydrogen (secondary N) is 1. The first-order valence-electron chi connectivity index (χ1n) is 9.95. The van der Waals surface area contributed by atoms with Gasteiger partial charge in [-0.1, -0.05) is 24.3 Å². The summed E-state index contributed by atoms with van der Waals surface area (Å²) in [6.07, 6.45) is 2.48. The molecule has 6 nitrogen and oxygen atoms in total. The third-order valence-corrected chi connectivity index (χ3v) is 5.29. The highest BCUT2D eigenvalue weighted by Gasteiger charge is 2.34. The van der Waals surface area contributed by atoms with Crippen molar-refractivity contribution in [1.82, 2.24) is 4.90 Å². The molecule has 4 rings (SSSR count). The molecular weight excluding hydrogens is 373 g/mol. The number of halogens is 1. The van der Waals surface area contributed by atoms with E-state index in [0.717, 1.165) is 38.0 Å². The van der Waals surface area contributed by atoms with Crippen molar-refractivity contribution in [2.45, 2.75) is 25.4 Å². The van der Waals surface area contributed by atoms with Crippen LogP contribution in [0.2, 0.25) is 0 Å². The molecule has 1 N–H and O–H groups in total. The lowest BCUT2D eigenvalue weighted by Crippen LogP contribution is -2.52. The van der Waals surface area contributed by atoms with Crippen LogP contribution in [0.4, 0.5) is 15.8 Å². The summed E-state index contributed by atoms with van der Waals surface area (Å²) in [4.78, 5) is 29.2. The molecule has 0 radical (unpaired) electrons. The molecule has 152 valence electrons. The van der Waals surface area contributed by atoms with Crippen LogP contribution in [0.1, 0.15) is 19.3 Å². The van der Waals surface area contributed by atoms with E-state index in [1.165, 1.54) is 12.1 Å². The Balaban J connectivity index is 1.49. The van der Waals surface area contributed by atoms with Crippen molar-refractivity contribution in [3.63, 3.8) is 0 Å². The summed E-state index contributed by atoms with van der Waals surface area (Å²) in [5.41, 5.74) is 0.888. The first-order chi connectivity index (χ1) is 14.1. The van der Waals surface area contributed by atoms with Gasteiger partial charge in [0, 0.05) is 13.1 Å². The van der Waals surface area contributed by atoms with E-state index in [-0.39, 0.29) is 30.6 Å². The molecular formula is C22H24FN3O3. The van der Waals surface area contributed by atoms with Gasteiger partial charge >= 0.3 is 0 Å². The van der Waals surface area contributed by atoms with Gasteiger partial charge in [0.2, 0.25) is 5.91 Å². The number of ether oxygens (including phenoxy) is 1. The lowest BCUT2D eigenvalue weighted by molar-refractivity contribution is -0.139. The molecule has 0 aliphatic carbocycles. The Bertz CT molecular complexity index is 898. The van der Waals surface area contributed by atoms with Gasteiger partial charge in [0.05, 0.1) is 24.5 Å². The number of hydrogen-bond donors (Lipinski definition) is 1. The molecule has 2 amide bonds. The fourth-order valence-electron chi connectivity index (χ4n) is 3.83. The van der Waals surface area contributed by atoms with Crippen LogP contribution in [0.15, 0.2) is 48.5 Å². The van der Waals surface area contributed by atoms with Crippen LogP contribution in [-0.2, 0) is 9.59 Å². The SMILES string of the molecule is O=C(CN1C[C@H](C(=O)N2CCCCC2)Oc2ccccc21)Nc1ccccc1F. The van der Waals surface area contributed by atoms with E-state index in [1.54, 1.807) is 18.2 Å². The van der Waals surface area contributed by atoms with E-state index in [1.807, 2.05) is 28.0 Å². The van der Waals surface area contributed by atoms with E-state index in [9.17, 15) is 14.0 Å². The predicted octanol–water partition coefficient (Wildman–Crippen LogP) is 3.04. The number of nitrogens with zero attached hydrogens (tertiary/aromatic N) is 2. The second-order valence-corrected chi connectivity index (χ2v) is 7.37. The summed E-state index contributed by atoms with van der Waals surface area (Å²) in [7, 11) is 0. The zero-order valence-electron chi connectivity index (χ0n) is 16.1. The van der Waals surface area contributed by atoms with Crippen LogP contribution in [0.5, 0.6) is 5.75 Å². The fourth-order valence-corrected chi connectivity index (χ4v) is 3.83. The van der Waals surface area contributed by atoms with Crippen LogP contribution in [0.3, 0.4) is 0 Å². The number of benzene rings is 2. The van der Waals surface area contributed by atoms with E-state index >= 15 is 0 Å². The maximum absolute atomic E-state index is 13.8. The van der Waals surface area contributed by atoms with Gasteiger partial charge in [0.25, 0.3) is 5.91 Å². The highest BCUT2D eigenvalue weighted by atomic mass is 19.1. The lowest BCUT2D eigenvalue weighted by atomic mass is 10.1. The molecule has 1 fully saturated rings. The first kappa shape index (κ1) is 19.2. The minimum atomic E-state index is -0.663. The highest BCUT2D eigenvalue weighted by Crippen LogP contribution is 2.33. The summed E-state index contributed by atoms with van der Waals surface area (Å²) in [5, 5.41) is 2.60. The third kappa shape index (κ3) is 4.34. The minimum absolute atomic E-state index is 0.00150. The molecule has 1 atom stereocenters. The normalized spacial score (nSPS) is 18.6. The van der Waals surface area contributed by atoms with E-state index in [0.29, 0.717) is 5.75 Å². The van der Waals surface area contributed by atoms with E-state index in [4.69, 9.17) is 4.74 Å². The van der Waals surface area contributed by atoms with Crippen LogP contribution < -0.4 is 15.0 Å². The molecule has 0 spiro atoms. The Kier molecular flexibility index (Phi) is 5.64. The minimum Gasteiger partial charge on any atom is -0.477 e. The summed E-state index contributed by atoms with van der Waals surface area (Å²) in [6, 6.07) is 13.4. The molecule has 0 saturated carbocycles. The maximum Gasteiger partial charge on any atom is 0.265 e. The number of fused-ring (bicyclic) bond motifs is 1. The van der Waals surface area contributed by atoms with Gasteiger partial charge in [-0.25, -0.2) is 4.39 Å². The van der Waals surface area contributed by atoms with Crippen molar-refractivity contribution in [1.29, 1.82) is 0 Å². The summed E-state index contributed by atoms with van der Waals surface area (Å²) in [5.74, 6) is -0.302. The van der Waals surface area contributed by atoms with Gasteiger partial charge < -0.3 is 19.9 Å². The number of para-hydroxylation sites is 3. The van der Waals surface area contributed by atoms with Crippen LogP contribution >= 0.6 is 0 Å². The standard InChI is InChI=1S/C22H24FN3O3/c23-16-8-2-3-9-17(16)24-21(27)15-26-14-20(22(28)25-12-6-1-7-13-25)29-19-11-5-4-10-18(19)26/h2-5,8-11,20H,1,6-7,12-15H2,(H,24,27)/t20-/m1/s1. The van der Waals surface area contributed by atoms with Gasteiger partial charge in [-0.3, -0.25) is 9.59 Å². The van der Waals surface area contributed by atoms with E-state index < -0.39 is 11.9 Å². The molecule has 0 aromatic heterocycles. The zero-order valence-corrected chi connectivity index (χ0v) is 16.1. The second kappa shape index (κ2) is 8.51. The van der Waals surface area contributed by atoms with Crippen LogP contribution in [0.25, 0.3) is 0 Å². The molecule has 1 saturated heterocycles. The molecule has 29 heavy (non-hydrogen) atoms. The van der Waals surface area contributed by atoms with Gasteiger partial charge in [-0.15, -0.1) is 0 Å². The molecule has 0 bridgehead atoms. The average Bonchev–Trinajstić information content (AvgIpc) is 2.75. The average molecular weight is 397 g/mol. The largest absolute Gasteiger partial charge is 0.477 e. The van der Waals surface area contributed by atoms with Crippen molar-refractivity contribution in [3.05, 3.63) is 54.3 Å². The van der Waals surface area contributed by atoms with Gasteiger partial charge in [0.1, 0.15) is 11.6 Å². The van der Waals surface area contributed by atoms with Crippen molar-refractivity contribution in [3.8, 4) is 5.75 Å². The topological polar surface area (TPSA) is 61.9 Å². The fraction of sp³-hybridized carbons (Fsp3) is 0.364. The van der Waals surface area contributed by atoms with Gasteiger partial charge in [-0.2, -0.15) is 0 Å². The lowest BCUT2D eigenvalue weighted by Gasteiger charge is -2.38. The smallest absolute Gasteiger partial charge is 0.265 e. The number of likely N-dealkylation sites (tertiary alicyclic amines) is 1. The number of hydrogen-bond acceptors (Lipinski definition) is 4. The second-order valence-electron chi connectivity index (χ2n) is 7.37. The maximum atomic E-state index is 13.8. The molecule has 2 aliphatic heterocycles. The Morgan fingerprint density at radius 3 is 2.55 bits per heavy atom. The van der Waals surface area contributed by atoms with Crippen LogP contribution in [-0.4, -0.2) is 49.0 Å². The molecule has 7 heteroatoms. The van der Waals surface area contributed by atoms with Crippen molar-refractivity contribution in [2.75, 3.05) is 36.4 Å². The highest BCUT2D eigenvalue weighted by molar-refractivity contribution is 5.95. The van der Waals surface area contributed by atoms with Gasteiger partial charge in [0.15, 0.2) is 6.10 Å². The number of amides is 2. The molecule has 0 unspecified atom stereocenters. The number of carbonyl (C=O) groups excluding carboxylic acids is 2. The number of anilines is 2. The quantitative estimate of drug-likeness (QED) is 0.862. The van der Waals surface area contributed by atoms with Crippen molar-refractivity contribution >= 4 is 23.2 Å². The third-order valence-electron chi connectivity index (χ3n) is 5.29. The zero-order chi connectivity index (χ0) is 20.2. The molecule has 2 aliphatic rings. The van der Waals surface area contributed by atoms with E-state index in [2.05, 4.69) is 5.32 Å². The number of piperidine rings is 1. The van der Waals surface area contributed by atoms with Crippen molar-refractivity contribution < 1.29 is 18.7 Å².